The van der Waals surface area contributed by atoms with Crippen molar-refractivity contribution in [1.29, 1.82) is 0 Å². The van der Waals surface area contributed by atoms with Crippen molar-refractivity contribution in [3.8, 4) is 5.75 Å². The lowest BCUT2D eigenvalue weighted by Gasteiger charge is -2.26. The number of hydrogen-bond acceptors (Lipinski definition) is 12. The molecule has 1 aliphatic rings. The van der Waals surface area contributed by atoms with E-state index in [0.29, 0.717) is 16.7 Å². The summed E-state index contributed by atoms with van der Waals surface area (Å²) in [6.45, 7) is 5.38. The van der Waals surface area contributed by atoms with Crippen LogP contribution in [0.25, 0.3) is 21.9 Å². The van der Waals surface area contributed by atoms with Crippen LogP contribution in [-0.4, -0.2) is 74.3 Å². The number of carbonyl (C=O) groups excluding carboxylic acids is 1. The third-order valence-corrected chi connectivity index (χ3v) is 8.71. The summed E-state index contributed by atoms with van der Waals surface area (Å²) in [5.74, 6) is -0.224. The first kappa shape index (κ1) is 31.5. The van der Waals surface area contributed by atoms with Gasteiger partial charge in [-0.1, -0.05) is 36.4 Å². The van der Waals surface area contributed by atoms with Crippen LogP contribution in [-0.2, 0) is 23.4 Å². The molecule has 1 unspecified atom stereocenters. The number of aliphatic hydroxyl groups excluding tert-OH is 1. The SMILES string of the molecule is CNc1nc(N)nc2c1ncn2[C@@H]1O[C@H](COP(=O)(N[C@@H](C)C(=O)OC(C)C)Oc2cccc3ccccc23)[C@@H](O)[C@@]1(C)F. The van der Waals surface area contributed by atoms with Crippen molar-refractivity contribution in [2.24, 2.45) is 0 Å². The molecule has 44 heavy (non-hydrogen) atoms. The van der Waals surface area contributed by atoms with Crippen LogP contribution >= 0.6 is 7.75 Å². The van der Waals surface area contributed by atoms with Gasteiger partial charge in [0.05, 0.1) is 19.0 Å². The molecule has 0 amide bonds. The maximum absolute atomic E-state index is 16.1. The molecule has 5 N–H and O–H groups in total. The average Bonchev–Trinajstić information content (AvgIpc) is 3.48. The Hall–Kier alpha value is -3.88. The highest BCUT2D eigenvalue weighted by Crippen LogP contribution is 2.49. The molecule has 1 aliphatic heterocycles. The number of nitrogens with zero attached hydrogens (tertiary/aromatic N) is 4. The smallest absolute Gasteiger partial charge is 0.459 e. The third-order valence-electron chi connectivity index (χ3n) is 7.08. The second-order valence-corrected chi connectivity index (χ2v) is 12.5. The maximum Gasteiger partial charge on any atom is 0.459 e. The summed E-state index contributed by atoms with van der Waals surface area (Å²) < 4.78 is 54.4. The molecule has 2 aromatic carbocycles. The van der Waals surface area contributed by atoms with Gasteiger partial charge in [0.25, 0.3) is 0 Å². The highest BCUT2D eigenvalue weighted by molar-refractivity contribution is 7.52. The third kappa shape index (κ3) is 6.19. The van der Waals surface area contributed by atoms with Crippen molar-refractivity contribution >= 4 is 47.4 Å². The second kappa shape index (κ2) is 12.3. The predicted molar refractivity (Wildman–Crippen MR) is 161 cm³/mol. The topological polar surface area (TPSA) is 185 Å². The van der Waals surface area contributed by atoms with Gasteiger partial charge in [0.2, 0.25) is 5.95 Å². The molecule has 0 saturated carbocycles. The summed E-state index contributed by atoms with van der Waals surface area (Å²) in [7, 11) is -2.76. The predicted octanol–water partition coefficient (Wildman–Crippen LogP) is 3.72. The first-order chi connectivity index (χ1) is 20.8. The molecule has 1 saturated heterocycles. The largest absolute Gasteiger partial charge is 0.462 e. The number of halogens is 1. The summed E-state index contributed by atoms with van der Waals surface area (Å²) in [5.41, 5.74) is 3.96. The minimum absolute atomic E-state index is 0.0784. The molecule has 0 radical (unpaired) electrons. The molecule has 1 fully saturated rings. The minimum Gasteiger partial charge on any atom is -0.462 e. The molecule has 4 aromatic rings. The van der Waals surface area contributed by atoms with Crippen LogP contribution in [0.15, 0.2) is 48.8 Å². The van der Waals surface area contributed by atoms with Crippen molar-refractivity contribution < 1.29 is 37.4 Å². The van der Waals surface area contributed by atoms with Gasteiger partial charge in [0.15, 0.2) is 28.9 Å². The number of esters is 1. The van der Waals surface area contributed by atoms with Gasteiger partial charge in [0.1, 0.15) is 24.0 Å². The Balaban J connectivity index is 1.42. The summed E-state index contributed by atoms with van der Waals surface area (Å²) in [4.78, 5) is 25.1. The van der Waals surface area contributed by atoms with Gasteiger partial charge in [0, 0.05) is 12.4 Å². The Morgan fingerprint density at radius 1 is 1.23 bits per heavy atom. The molecule has 6 atom stereocenters. The van der Waals surface area contributed by atoms with E-state index in [9.17, 15) is 14.5 Å². The van der Waals surface area contributed by atoms with Crippen LogP contribution in [0.4, 0.5) is 16.2 Å². The summed E-state index contributed by atoms with van der Waals surface area (Å²) in [5, 5.41) is 17.9. The van der Waals surface area contributed by atoms with Crippen molar-refractivity contribution in [3.05, 3.63) is 48.8 Å². The average molecular weight is 632 g/mol. The number of alkyl halides is 1. The molecule has 14 nitrogen and oxygen atoms in total. The quantitative estimate of drug-likeness (QED) is 0.139. The van der Waals surface area contributed by atoms with Gasteiger partial charge in [-0.15, -0.1) is 0 Å². The highest BCUT2D eigenvalue weighted by Gasteiger charge is 2.56. The number of fused-ring (bicyclic) bond motifs is 2. The lowest BCUT2D eigenvalue weighted by Crippen LogP contribution is -2.41. The summed E-state index contributed by atoms with van der Waals surface area (Å²) in [6.07, 6.45) is -3.59. The zero-order valence-corrected chi connectivity index (χ0v) is 25.7. The van der Waals surface area contributed by atoms with Gasteiger partial charge in [-0.05, 0) is 39.1 Å². The van der Waals surface area contributed by atoms with Crippen molar-refractivity contribution in [2.45, 2.75) is 63.9 Å². The number of rotatable bonds is 11. The number of nitrogens with two attached hydrogens (primary N) is 1. The number of aromatic nitrogens is 4. The van der Waals surface area contributed by atoms with Gasteiger partial charge in [-0.2, -0.15) is 15.1 Å². The molecule has 236 valence electrons. The van der Waals surface area contributed by atoms with E-state index >= 15 is 4.39 Å². The highest BCUT2D eigenvalue weighted by atomic mass is 31.2. The number of anilines is 2. The van der Waals surface area contributed by atoms with Crippen molar-refractivity contribution in [2.75, 3.05) is 24.7 Å². The molecule has 0 aliphatic carbocycles. The zero-order valence-electron chi connectivity index (χ0n) is 24.8. The molecular formula is C28H35FN7O7P. The van der Waals surface area contributed by atoms with Crippen molar-refractivity contribution in [3.63, 3.8) is 0 Å². The van der Waals surface area contributed by atoms with E-state index in [1.54, 1.807) is 45.2 Å². The van der Waals surface area contributed by atoms with Crippen molar-refractivity contribution in [1.82, 2.24) is 24.6 Å². The standard InChI is InChI=1S/C28H35FN7O7P/c1-15(2)41-25(38)16(3)35-44(39,43-19-12-8-10-17-9-6-7-11-18(17)19)40-13-20-22(37)28(4,29)26(42-20)36-14-32-21-23(31-5)33-27(30)34-24(21)36/h6-12,14-16,20,22,26,37H,13H2,1-5H3,(H,35,39)(H3,30,31,33,34)/t16-,20+,22+,26+,28+,44?/m0/s1. The Bertz CT molecular complexity index is 1710. The van der Waals surface area contributed by atoms with Gasteiger partial charge in [-0.3, -0.25) is 13.9 Å². The molecule has 0 spiro atoms. The van der Waals surface area contributed by atoms with E-state index in [1.807, 2.05) is 18.2 Å². The number of aliphatic hydroxyl groups is 1. The van der Waals surface area contributed by atoms with E-state index in [-0.39, 0.29) is 17.3 Å². The van der Waals surface area contributed by atoms with E-state index in [1.165, 1.54) is 17.8 Å². The van der Waals surface area contributed by atoms with E-state index < -0.39 is 56.6 Å². The van der Waals surface area contributed by atoms with Gasteiger partial charge >= 0.3 is 13.7 Å². The van der Waals surface area contributed by atoms with Crippen LogP contribution < -0.4 is 20.7 Å². The zero-order chi connectivity index (χ0) is 31.8. The first-order valence-electron chi connectivity index (χ1n) is 13.9. The minimum atomic E-state index is -4.38. The molecule has 5 rings (SSSR count). The van der Waals surface area contributed by atoms with E-state index in [2.05, 4.69) is 25.4 Å². The normalized spacial score (nSPS) is 24.0. The van der Waals surface area contributed by atoms with Gasteiger partial charge in [-0.25, -0.2) is 13.9 Å². The molecule has 3 heterocycles. The number of nitrogens with one attached hydrogen (secondary N) is 2. The molecule has 0 bridgehead atoms. The maximum atomic E-state index is 16.1. The Morgan fingerprint density at radius 2 is 1.95 bits per heavy atom. The van der Waals surface area contributed by atoms with Crippen LogP contribution in [0.1, 0.15) is 33.9 Å². The fourth-order valence-electron chi connectivity index (χ4n) is 4.92. The lowest BCUT2D eigenvalue weighted by atomic mass is 9.98. The number of ether oxygens (including phenoxy) is 2. The first-order valence-corrected chi connectivity index (χ1v) is 15.5. The van der Waals surface area contributed by atoms with Crippen LogP contribution in [0.5, 0.6) is 5.75 Å². The van der Waals surface area contributed by atoms with E-state index in [0.717, 1.165) is 12.3 Å². The Morgan fingerprint density at radius 3 is 2.68 bits per heavy atom. The van der Waals surface area contributed by atoms with Gasteiger partial charge < -0.3 is 30.2 Å². The Labute approximate surface area is 252 Å². The number of benzene rings is 2. The monoisotopic (exact) mass is 631 g/mol. The second-order valence-electron chi connectivity index (χ2n) is 10.8. The summed E-state index contributed by atoms with van der Waals surface area (Å²) in [6, 6.07) is 11.3. The fraction of sp³-hybridized carbons (Fsp3) is 0.429. The number of hydrogen-bond donors (Lipinski definition) is 4. The van der Waals surface area contributed by atoms with Crippen LogP contribution in [0.3, 0.4) is 0 Å². The lowest BCUT2D eigenvalue weighted by molar-refractivity contribution is -0.149. The van der Waals surface area contributed by atoms with Crippen LogP contribution in [0, 0.1) is 0 Å². The molecular weight excluding hydrogens is 596 g/mol. The Kier molecular flexibility index (Phi) is 8.78. The summed E-state index contributed by atoms with van der Waals surface area (Å²) >= 11 is 0. The fourth-order valence-corrected chi connectivity index (χ4v) is 6.44. The number of nitrogen functional groups attached to an aromatic ring is 1. The molecule has 16 heteroatoms. The van der Waals surface area contributed by atoms with E-state index in [4.69, 9.17) is 24.3 Å². The number of imidazole rings is 1. The molecule has 2 aromatic heterocycles. The van der Waals surface area contributed by atoms with Crippen LogP contribution in [0.2, 0.25) is 0 Å². The number of carbonyl (C=O) groups is 1.